The van der Waals surface area contributed by atoms with Crippen molar-refractivity contribution in [2.24, 2.45) is 0 Å². The van der Waals surface area contributed by atoms with Crippen LogP contribution in [-0.4, -0.2) is 20.8 Å². The van der Waals surface area contributed by atoms with E-state index < -0.39 is 0 Å². The molecule has 0 atom stereocenters. The third-order valence-corrected chi connectivity index (χ3v) is 3.31. The van der Waals surface area contributed by atoms with Crippen LogP contribution in [0.3, 0.4) is 0 Å². The summed E-state index contributed by atoms with van der Waals surface area (Å²) in [5.74, 6) is 1.28. The molecule has 0 bridgehead atoms. The second-order valence-electron chi connectivity index (χ2n) is 4.71. The Morgan fingerprint density at radius 1 is 1.00 bits per heavy atom. The predicted molar refractivity (Wildman–Crippen MR) is 81.4 cm³/mol. The van der Waals surface area contributed by atoms with E-state index in [0.717, 1.165) is 30.0 Å². The van der Waals surface area contributed by atoms with E-state index in [1.807, 2.05) is 24.3 Å². The minimum absolute atomic E-state index is 0. The quantitative estimate of drug-likeness (QED) is 0.737. The molecule has 0 heterocycles. The topological polar surface area (TPSA) is 30.5 Å². The Labute approximate surface area is 136 Å². The molecule has 2 aromatic rings. The first kappa shape index (κ1) is 18.3. The maximum absolute atomic E-state index is 13.5. The summed E-state index contributed by atoms with van der Waals surface area (Å²) >= 11 is 0. The molecular formula is C17H20ClFNO2-. The van der Waals surface area contributed by atoms with Crippen LogP contribution in [0.4, 0.5) is 4.39 Å². The van der Waals surface area contributed by atoms with Crippen LogP contribution < -0.4 is 27.2 Å². The Kier molecular flexibility index (Phi) is 7.71. The molecule has 0 saturated carbocycles. The van der Waals surface area contributed by atoms with E-state index in [4.69, 9.17) is 9.47 Å². The minimum atomic E-state index is -0.170. The fourth-order valence-electron chi connectivity index (χ4n) is 2.13. The van der Waals surface area contributed by atoms with E-state index in [1.165, 1.54) is 6.07 Å². The minimum Gasteiger partial charge on any atom is -1.00 e. The second kappa shape index (κ2) is 9.28. The molecule has 0 saturated heterocycles. The third kappa shape index (κ3) is 4.90. The Bertz CT molecular complexity index is 593. The van der Waals surface area contributed by atoms with Crippen LogP contribution in [0.1, 0.15) is 11.1 Å². The van der Waals surface area contributed by atoms with Gasteiger partial charge in [0, 0.05) is 12.1 Å². The number of rotatable bonds is 7. The van der Waals surface area contributed by atoms with Gasteiger partial charge in [0.05, 0.1) is 14.2 Å². The van der Waals surface area contributed by atoms with Crippen LogP contribution in [0.25, 0.3) is 0 Å². The fraction of sp³-hybridized carbons (Fsp3) is 0.294. The lowest BCUT2D eigenvalue weighted by Crippen LogP contribution is -3.00. The highest BCUT2D eigenvalue weighted by Crippen LogP contribution is 2.27. The SMILES string of the molecule is COc1ccc(CCNCc2ccccc2F)cc1OC.[Cl-]. The van der Waals surface area contributed by atoms with E-state index in [9.17, 15) is 4.39 Å². The molecule has 0 aliphatic heterocycles. The van der Waals surface area contributed by atoms with Gasteiger partial charge in [-0.2, -0.15) is 0 Å². The summed E-state index contributed by atoms with van der Waals surface area (Å²) in [7, 11) is 3.24. The van der Waals surface area contributed by atoms with Gasteiger partial charge in [-0.25, -0.2) is 4.39 Å². The maximum Gasteiger partial charge on any atom is 0.160 e. The summed E-state index contributed by atoms with van der Waals surface area (Å²) in [6.45, 7) is 1.30. The molecule has 1 N–H and O–H groups in total. The number of halogens is 2. The van der Waals surface area contributed by atoms with Crippen LogP contribution in [0.15, 0.2) is 42.5 Å². The van der Waals surface area contributed by atoms with Gasteiger partial charge in [-0.15, -0.1) is 0 Å². The number of hydrogen-bond donors (Lipinski definition) is 1. The molecular weight excluding hydrogens is 305 g/mol. The molecule has 2 rings (SSSR count). The van der Waals surface area contributed by atoms with Crippen molar-refractivity contribution >= 4 is 0 Å². The maximum atomic E-state index is 13.5. The average Bonchev–Trinajstić information content (AvgIpc) is 2.52. The Morgan fingerprint density at radius 2 is 1.73 bits per heavy atom. The molecule has 2 aromatic carbocycles. The summed E-state index contributed by atoms with van der Waals surface area (Å²) in [6, 6.07) is 12.7. The van der Waals surface area contributed by atoms with Gasteiger partial charge in [-0.3, -0.25) is 0 Å². The number of nitrogens with one attached hydrogen (secondary N) is 1. The molecule has 0 fully saturated rings. The highest BCUT2D eigenvalue weighted by atomic mass is 35.5. The lowest BCUT2D eigenvalue weighted by atomic mass is 10.1. The van der Waals surface area contributed by atoms with Crippen molar-refractivity contribution < 1.29 is 26.3 Å². The van der Waals surface area contributed by atoms with Gasteiger partial charge in [0.25, 0.3) is 0 Å². The number of ether oxygens (including phenoxy) is 2. The second-order valence-corrected chi connectivity index (χ2v) is 4.71. The van der Waals surface area contributed by atoms with E-state index in [-0.39, 0.29) is 18.2 Å². The first-order chi connectivity index (χ1) is 10.2. The highest BCUT2D eigenvalue weighted by Gasteiger charge is 2.04. The summed E-state index contributed by atoms with van der Waals surface area (Å²) in [6.07, 6.45) is 0.842. The van der Waals surface area contributed by atoms with Crippen molar-refractivity contribution in [3.63, 3.8) is 0 Å². The Morgan fingerprint density at radius 3 is 2.41 bits per heavy atom. The monoisotopic (exact) mass is 324 g/mol. The molecule has 0 aliphatic rings. The molecule has 0 amide bonds. The van der Waals surface area contributed by atoms with Crippen LogP contribution in [0, 0.1) is 5.82 Å². The van der Waals surface area contributed by atoms with E-state index >= 15 is 0 Å². The number of hydrogen-bond acceptors (Lipinski definition) is 3. The van der Waals surface area contributed by atoms with Gasteiger partial charge in [0.1, 0.15) is 5.82 Å². The lowest BCUT2D eigenvalue weighted by Gasteiger charge is -2.10. The smallest absolute Gasteiger partial charge is 0.160 e. The van der Waals surface area contributed by atoms with Gasteiger partial charge in [-0.05, 0) is 36.7 Å². The third-order valence-electron chi connectivity index (χ3n) is 3.31. The van der Waals surface area contributed by atoms with E-state index in [1.54, 1.807) is 26.4 Å². The molecule has 0 unspecified atom stereocenters. The molecule has 0 spiro atoms. The number of methoxy groups -OCH3 is 2. The standard InChI is InChI=1S/C17H20FNO2.ClH/c1-20-16-8-7-13(11-17(16)21-2)9-10-19-12-14-5-3-4-6-15(14)18;/h3-8,11,19H,9-10,12H2,1-2H3;1H/p-1. The molecule has 120 valence electrons. The summed E-state index contributed by atoms with van der Waals surface area (Å²) < 4.78 is 23.9. The van der Waals surface area contributed by atoms with Crippen molar-refractivity contribution in [1.82, 2.24) is 5.32 Å². The van der Waals surface area contributed by atoms with E-state index in [0.29, 0.717) is 12.1 Å². The molecule has 3 nitrogen and oxygen atoms in total. The van der Waals surface area contributed by atoms with Crippen LogP contribution >= 0.6 is 0 Å². The van der Waals surface area contributed by atoms with Crippen molar-refractivity contribution in [2.45, 2.75) is 13.0 Å². The first-order valence-corrected chi connectivity index (χ1v) is 6.89. The van der Waals surface area contributed by atoms with Crippen molar-refractivity contribution in [2.75, 3.05) is 20.8 Å². The first-order valence-electron chi connectivity index (χ1n) is 6.89. The van der Waals surface area contributed by atoms with Crippen molar-refractivity contribution in [1.29, 1.82) is 0 Å². The molecule has 5 heteroatoms. The number of benzene rings is 2. The van der Waals surface area contributed by atoms with Crippen LogP contribution in [0.2, 0.25) is 0 Å². The van der Waals surface area contributed by atoms with Gasteiger partial charge < -0.3 is 27.2 Å². The zero-order chi connectivity index (χ0) is 15.1. The highest BCUT2D eigenvalue weighted by molar-refractivity contribution is 5.42. The largest absolute Gasteiger partial charge is 1.00 e. The zero-order valence-electron chi connectivity index (χ0n) is 12.7. The Balaban J connectivity index is 0.00000242. The predicted octanol–water partition coefficient (Wildman–Crippen LogP) is 0.179. The zero-order valence-corrected chi connectivity index (χ0v) is 13.5. The van der Waals surface area contributed by atoms with Crippen molar-refractivity contribution in [3.8, 4) is 11.5 Å². The molecule has 0 aliphatic carbocycles. The van der Waals surface area contributed by atoms with Gasteiger partial charge >= 0.3 is 0 Å². The van der Waals surface area contributed by atoms with Crippen molar-refractivity contribution in [3.05, 3.63) is 59.4 Å². The summed E-state index contributed by atoms with van der Waals surface area (Å²) in [5, 5.41) is 3.25. The van der Waals surface area contributed by atoms with Gasteiger partial charge in [-0.1, -0.05) is 24.3 Å². The van der Waals surface area contributed by atoms with Gasteiger partial charge in [0.15, 0.2) is 11.5 Å². The molecule has 0 radical (unpaired) electrons. The van der Waals surface area contributed by atoms with Crippen LogP contribution in [-0.2, 0) is 13.0 Å². The van der Waals surface area contributed by atoms with Gasteiger partial charge in [0.2, 0.25) is 0 Å². The normalized spacial score (nSPS) is 9.95. The summed E-state index contributed by atoms with van der Waals surface area (Å²) in [5.41, 5.74) is 1.83. The fourth-order valence-corrected chi connectivity index (χ4v) is 2.13. The average molecular weight is 325 g/mol. The lowest BCUT2D eigenvalue weighted by molar-refractivity contribution is -0.00000544. The Hall–Kier alpha value is -1.78. The molecule has 22 heavy (non-hydrogen) atoms. The van der Waals surface area contributed by atoms with E-state index in [2.05, 4.69) is 5.32 Å². The summed E-state index contributed by atoms with van der Waals surface area (Å²) in [4.78, 5) is 0. The molecule has 0 aromatic heterocycles. The van der Waals surface area contributed by atoms with Crippen LogP contribution in [0.5, 0.6) is 11.5 Å².